The van der Waals surface area contributed by atoms with Crippen LogP contribution in [0.5, 0.6) is 5.75 Å². The molecule has 3 rings (SSSR count). The summed E-state index contributed by atoms with van der Waals surface area (Å²) in [5.41, 5.74) is 1.01. The molecule has 6 nitrogen and oxygen atoms in total. The van der Waals surface area contributed by atoms with Gasteiger partial charge in [-0.05, 0) is 50.5 Å². The molecule has 1 amide bonds. The van der Waals surface area contributed by atoms with E-state index in [1.54, 1.807) is 19.1 Å². The smallest absolute Gasteiger partial charge is 0.246 e. The molecule has 2 aromatic rings. The van der Waals surface area contributed by atoms with E-state index in [4.69, 9.17) is 16.3 Å². The zero-order valence-electron chi connectivity index (χ0n) is 17.2. The molecule has 8 heteroatoms. The van der Waals surface area contributed by atoms with Crippen LogP contribution in [0.4, 0.5) is 0 Å². The first-order valence-corrected chi connectivity index (χ1v) is 11.9. The minimum Gasteiger partial charge on any atom is -0.492 e. The normalized spacial score (nSPS) is 18.6. The molecule has 1 saturated heterocycles. The Morgan fingerprint density at radius 1 is 1.27 bits per heavy atom. The number of ether oxygens (including phenoxy) is 1. The van der Waals surface area contributed by atoms with Crippen LogP contribution in [0.2, 0.25) is 5.02 Å². The number of hydrogen-bond donors (Lipinski definition) is 1. The highest BCUT2D eigenvalue weighted by Crippen LogP contribution is 2.32. The molecular formula is C22H27ClN2O4S. The van der Waals surface area contributed by atoms with Gasteiger partial charge in [0.15, 0.2) is 0 Å². The van der Waals surface area contributed by atoms with Crippen LogP contribution in [-0.4, -0.2) is 38.3 Å². The van der Waals surface area contributed by atoms with Crippen LogP contribution < -0.4 is 10.1 Å². The maximum absolute atomic E-state index is 13.3. The van der Waals surface area contributed by atoms with Crippen LogP contribution in [0.15, 0.2) is 53.4 Å². The van der Waals surface area contributed by atoms with E-state index >= 15 is 0 Å². The minimum absolute atomic E-state index is 0.0376. The summed E-state index contributed by atoms with van der Waals surface area (Å²) in [5, 5.41) is 3.33. The van der Waals surface area contributed by atoms with Crippen LogP contribution in [0, 0.1) is 5.92 Å². The third-order valence-electron chi connectivity index (χ3n) is 5.24. The molecule has 162 valence electrons. The van der Waals surface area contributed by atoms with Gasteiger partial charge < -0.3 is 10.1 Å². The molecule has 1 heterocycles. The number of halogens is 1. The molecular weight excluding hydrogens is 424 g/mol. The zero-order chi connectivity index (χ0) is 21.7. The summed E-state index contributed by atoms with van der Waals surface area (Å²) in [5.74, 6) is -0.275. The number of carbonyl (C=O) groups excluding carboxylic acids is 1. The van der Waals surface area contributed by atoms with Gasteiger partial charge in [0.25, 0.3) is 0 Å². The van der Waals surface area contributed by atoms with E-state index in [1.165, 1.54) is 10.4 Å². The van der Waals surface area contributed by atoms with Crippen LogP contribution in [0.3, 0.4) is 0 Å². The molecule has 30 heavy (non-hydrogen) atoms. The average molecular weight is 451 g/mol. The number of hydrogen-bond acceptors (Lipinski definition) is 4. The number of nitrogens with zero attached hydrogens (tertiary/aromatic N) is 1. The predicted octanol–water partition coefficient (Wildman–Crippen LogP) is 4.02. The first-order chi connectivity index (χ1) is 14.3. The van der Waals surface area contributed by atoms with Gasteiger partial charge in [-0.25, -0.2) is 8.42 Å². The van der Waals surface area contributed by atoms with Crippen LogP contribution in [-0.2, 0) is 14.8 Å². The van der Waals surface area contributed by atoms with Crippen molar-refractivity contribution in [3.8, 4) is 5.75 Å². The Bertz CT molecular complexity index is 982. The molecule has 1 N–H and O–H groups in total. The first-order valence-electron chi connectivity index (χ1n) is 10.1. The highest BCUT2D eigenvalue weighted by Gasteiger charge is 2.35. The maximum atomic E-state index is 13.3. The van der Waals surface area contributed by atoms with E-state index in [0.717, 1.165) is 5.56 Å². The molecule has 0 radical (unpaired) electrons. The summed E-state index contributed by atoms with van der Waals surface area (Å²) >= 11 is 6.05. The Morgan fingerprint density at radius 3 is 2.70 bits per heavy atom. The molecule has 0 bridgehead atoms. The van der Waals surface area contributed by atoms with E-state index in [9.17, 15) is 13.2 Å². The van der Waals surface area contributed by atoms with Crippen molar-refractivity contribution in [3.63, 3.8) is 0 Å². The SMILES string of the molecule is CCOc1ccc(Cl)cc1S(=O)(=O)N1CCCC(C(=O)NC(C)c2ccccc2)C1. The van der Waals surface area contributed by atoms with Crippen molar-refractivity contribution in [3.05, 3.63) is 59.1 Å². The second-order valence-electron chi connectivity index (χ2n) is 7.37. The molecule has 2 atom stereocenters. The number of carbonyl (C=O) groups is 1. The lowest BCUT2D eigenvalue weighted by Crippen LogP contribution is -2.45. The van der Waals surface area contributed by atoms with Gasteiger partial charge in [-0.2, -0.15) is 4.31 Å². The molecule has 1 fully saturated rings. The Labute approximate surface area is 183 Å². The average Bonchev–Trinajstić information content (AvgIpc) is 2.75. The van der Waals surface area contributed by atoms with Crippen LogP contribution >= 0.6 is 11.6 Å². The van der Waals surface area contributed by atoms with Crippen molar-refractivity contribution < 1.29 is 17.9 Å². The van der Waals surface area contributed by atoms with Crippen molar-refractivity contribution in [2.24, 2.45) is 5.92 Å². The summed E-state index contributed by atoms with van der Waals surface area (Å²) < 4.78 is 33.5. The van der Waals surface area contributed by atoms with E-state index < -0.39 is 15.9 Å². The van der Waals surface area contributed by atoms with Crippen molar-refractivity contribution >= 4 is 27.5 Å². The number of sulfonamides is 1. The Kier molecular flexibility index (Phi) is 7.39. The van der Waals surface area contributed by atoms with Gasteiger partial charge in [-0.3, -0.25) is 4.79 Å². The summed E-state index contributed by atoms with van der Waals surface area (Å²) in [7, 11) is -3.84. The fourth-order valence-electron chi connectivity index (χ4n) is 3.63. The van der Waals surface area contributed by atoms with Gasteiger partial charge in [0.1, 0.15) is 10.6 Å². The molecule has 1 aliphatic heterocycles. The highest BCUT2D eigenvalue weighted by atomic mass is 35.5. The van der Waals surface area contributed by atoms with Crippen molar-refractivity contribution in [2.75, 3.05) is 19.7 Å². The van der Waals surface area contributed by atoms with Gasteiger partial charge in [0.05, 0.1) is 18.6 Å². The third-order valence-corrected chi connectivity index (χ3v) is 7.36. The van der Waals surface area contributed by atoms with E-state index in [0.29, 0.717) is 31.0 Å². The van der Waals surface area contributed by atoms with Crippen molar-refractivity contribution in [1.82, 2.24) is 9.62 Å². The van der Waals surface area contributed by atoms with Gasteiger partial charge >= 0.3 is 0 Å². The summed E-state index contributed by atoms with van der Waals surface area (Å²) in [6.45, 7) is 4.55. The fourth-order valence-corrected chi connectivity index (χ4v) is 5.55. The standard InChI is InChI=1S/C22H27ClN2O4S/c1-3-29-20-12-11-19(23)14-21(20)30(27,28)25-13-7-10-18(15-25)22(26)24-16(2)17-8-5-4-6-9-17/h4-6,8-9,11-12,14,16,18H,3,7,10,13,15H2,1-2H3,(H,24,26). The number of nitrogens with one attached hydrogen (secondary N) is 1. The molecule has 0 saturated carbocycles. The maximum Gasteiger partial charge on any atom is 0.246 e. The lowest BCUT2D eigenvalue weighted by atomic mass is 9.98. The largest absolute Gasteiger partial charge is 0.492 e. The van der Waals surface area contributed by atoms with Gasteiger partial charge in [-0.15, -0.1) is 0 Å². The minimum atomic E-state index is -3.84. The molecule has 0 aliphatic carbocycles. The zero-order valence-corrected chi connectivity index (χ0v) is 18.7. The van der Waals surface area contributed by atoms with Gasteiger partial charge in [0, 0.05) is 18.1 Å². The quantitative estimate of drug-likeness (QED) is 0.691. The Balaban J connectivity index is 1.75. The van der Waals surface area contributed by atoms with Crippen LogP contribution in [0.1, 0.15) is 38.3 Å². The fraction of sp³-hybridized carbons (Fsp3) is 0.409. The topological polar surface area (TPSA) is 75.7 Å². The summed E-state index contributed by atoms with van der Waals surface area (Å²) in [6, 6.07) is 14.1. The second kappa shape index (κ2) is 9.81. The number of piperidine rings is 1. The van der Waals surface area contributed by atoms with E-state index in [-0.39, 0.29) is 29.1 Å². The number of amides is 1. The lowest BCUT2D eigenvalue weighted by Gasteiger charge is -2.32. The third kappa shape index (κ3) is 5.14. The monoisotopic (exact) mass is 450 g/mol. The van der Waals surface area contributed by atoms with E-state index in [1.807, 2.05) is 37.3 Å². The second-order valence-corrected chi connectivity index (χ2v) is 9.71. The van der Waals surface area contributed by atoms with E-state index in [2.05, 4.69) is 5.32 Å². The van der Waals surface area contributed by atoms with Crippen molar-refractivity contribution in [1.29, 1.82) is 0 Å². The predicted molar refractivity (Wildman–Crippen MR) is 117 cm³/mol. The number of rotatable bonds is 7. The summed E-state index contributed by atoms with van der Waals surface area (Å²) in [6.07, 6.45) is 1.26. The van der Waals surface area contributed by atoms with Gasteiger partial charge in [0.2, 0.25) is 15.9 Å². The molecule has 2 aromatic carbocycles. The molecule has 0 aromatic heterocycles. The van der Waals surface area contributed by atoms with Gasteiger partial charge in [-0.1, -0.05) is 41.9 Å². The molecule has 0 spiro atoms. The van der Waals surface area contributed by atoms with Crippen LogP contribution in [0.25, 0.3) is 0 Å². The summed E-state index contributed by atoms with van der Waals surface area (Å²) in [4.78, 5) is 12.9. The Morgan fingerprint density at radius 2 is 2.00 bits per heavy atom. The van der Waals surface area contributed by atoms with Crippen molar-refractivity contribution in [2.45, 2.75) is 37.6 Å². The highest BCUT2D eigenvalue weighted by molar-refractivity contribution is 7.89. The Hall–Kier alpha value is -2.09. The molecule has 1 aliphatic rings. The number of benzene rings is 2. The molecule has 2 unspecified atom stereocenters. The lowest BCUT2D eigenvalue weighted by molar-refractivity contribution is -0.126. The first kappa shape index (κ1) is 22.6.